The Morgan fingerprint density at radius 2 is 1.33 bits per heavy atom. The highest BCUT2D eigenvalue weighted by atomic mass is 15.2. The molecule has 0 rings (SSSR count). The minimum atomic E-state index is 0.630. The first-order chi connectivity index (χ1) is 5.85. The van der Waals surface area contributed by atoms with E-state index in [2.05, 4.69) is 4.90 Å². The van der Waals surface area contributed by atoms with Crippen LogP contribution in [0.2, 0.25) is 0 Å². The lowest BCUT2D eigenvalue weighted by Gasteiger charge is -2.19. The number of nitrogens with zero attached hydrogens (tertiary/aromatic N) is 1. The summed E-state index contributed by atoms with van der Waals surface area (Å²) in [6.07, 6.45) is 3.25. The summed E-state index contributed by atoms with van der Waals surface area (Å²) in [6.45, 7) is 4.21. The van der Waals surface area contributed by atoms with Crippen LogP contribution in [0.3, 0.4) is 0 Å². The summed E-state index contributed by atoms with van der Waals surface area (Å²) in [4.78, 5) is 2.21. The van der Waals surface area contributed by atoms with Crippen molar-refractivity contribution in [3.05, 3.63) is 0 Å². The van der Waals surface area contributed by atoms with Crippen LogP contribution in [0.15, 0.2) is 0 Å². The van der Waals surface area contributed by atoms with Crippen molar-refractivity contribution in [2.24, 2.45) is 17.2 Å². The van der Waals surface area contributed by atoms with Gasteiger partial charge >= 0.3 is 0 Å². The molecule has 12 heavy (non-hydrogen) atoms. The molecule has 0 saturated carbocycles. The Kier molecular flexibility index (Phi) is 8.81. The third-order valence-corrected chi connectivity index (χ3v) is 1.87. The van der Waals surface area contributed by atoms with Crippen LogP contribution >= 0.6 is 0 Å². The standard InChI is InChI=1S/C8H22N4/c9-4-1-2-6-12(8-11)7-3-5-10/h1-11H2. The molecular weight excluding hydrogens is 152 g/mol. The van der Waals surface area contributed by atoms with Crippen LogP contribution in [-0.2, 0) is 0 Å². The van der Waals surface area contributed by atoms with Gasteiger partial charge in [-0.2, -0.15) is 0 Å². The molecule has 0 aromatic carbocycles. The maximum atomic E-state index is 5.55. The molecule has 0 bridgehead atoms. The maximum absolute atomic E-state index is 5.55. The molecule has 0 aliphatic heterocycles. The summed E-state index contributed by atoms with van der Waals surface area (Å²) in [5, 5.41) is 0. The summed E-state index contributed by atoms with van der Waals surface area (Å²) in [7, 11) is 0. The molecule has 74 valence electrons. The predicted molar refractivity (Wildman–Crippen MR) is 52.6 cm³/mol. The van der Waals surface area contributed by atoms with Gasteiger partial charge < -0.3 is 17.2 Å². The van der Waals surface area contributed by atoms with Gasteiger partial charge in [-0.1, -0.05) is 0 Å². The van der Waals surface area contributed by atoms with Gasteiger partial charge in [0.15, 0.2) is 0 Å². The van der Waals surface area contributed by atoms with E-state index in [1.54, 1.807) is 0 Å². The number of hydrogen-bond acceptors (Lipinski definition) is 4. The number of unbranched alkanes of at least 4 members (excludes halogenated alkanes) is 1. The van der Waals surface area contributed by atoms with E-state index in [0.29, 0.717) is 6.67 Å². The molecule has 0 atom stereocenters. The Bertz CT molecular complexity index is 87.1. The van der Waals surface area contributed by atoms with Gasteiger partial charge in [-0.3, -0.25) is 4.90 Å². The van der Waals surface area contributed by atoms with Crippen LogP contribution in [-0.4, -0.2) is 37.7 Å². The third kappa shape index (κ3) is 6.54. The van der Waals surface area contributed by atoms with Crippen LogP contribution < -0.4 is 17.2 Å². The van der Waals surface area contributed by atoms with Crippen molar-refractivity contribution in [2.45, 2.75) is 19.3 Å². The normalized spacial score (nSPS) is 11.0. The fourth-order valence-electron chi connectivity index (χ4n) is 1.09. The molecule has 0 aromatic heterocycles. The molecule has 6 N–H and O–H groups in total. The molecule has 4 heteroatoms. The Hall–Kier alpha value is -0.160. The number of hydrogen-bond donors (Lipinski definition) is 3. The average molecular weight is 174 g/mol. The van der Waals surface area contributed by atoms with E-state index in [0.717, 1.165) is 45.4 Å². The lowest BCUT2D eigenvalue weighted by molar-refractivity contribution is 0.274. The highest BCUT2D eigenvalue weighted by Crippen LogP contribution is 1.93. The quantitative estimate of drug-likeness (QED) is 0.335. The van der Waals surface area contributed by atoms with E-state index < -0.39 is 0 Å². The molecule has 0 aliphatic rings. The van der Waals surface area contributed by atoms with Gasteiger partial charge in [-0.25, -0.2) is 0 Å². The SMILES string of the molecule is NCCCCN(CN)CCCN. The molecule has 4 nitrogen and oxygen atoms in total. The summed E-state index contributed by atoms with van der Waals surface area (Å²) in [6, 6.07) is 0. The topological polar surface area (TPSA) is 81.3 Å². The second-order valence-electron chi connectivity index (χ2n) is 2.94. The molecule has 0 aliphatic carbocycles. The fraction of sp³-hybridized carbons (Fsp3) is 1.00. The van der Waals surface area contributed by atoms with E-state index in [1.807, 2.05) is 0 Å². The van der Waals surface area contributed by atoms with Crippen LogP contribution in [0.1, 0.15) is 19.3 Å². The second-order valence-corrected chi connectivity index (χ2v) is 2.94. The zero-order valence-electron chi connectivity index (χ0n) is 7.84. The minimum Gasteiger partial charge on any atom is -0.330 e. The molecule has 0 saturated heterocycles. The Morgan fingerprint density at radius 3 is 1.83 bits per heavy atom. The summed E-state index contributed by atoms with van der Waals surface area (Å²) in [5.41, 5.74) is 16.3. The van der Waals surface area contributed by atoms with Gasteiger partial charge in [0, 0.05) is 13.2 Å². The monoisotopic (exact) mass is 174 g/mol. The Morgan fingerprint density at radius 1 is 0.750 bits per heavy atom. The van der Waals surface area contributed by atoms with E-state index in [9.17, 15) is 0 Å². The molecule has 0 radical (unpaired) electrons. The first-order valence-electron chi connectivity index (χ1n) is 4.67. The van der Waals surface area contributed by atoms with Gasteiger partial charge in [0.25, 0.3) is 0 Å². The molecular formula is C8H22N4. The lowest BCUT2D eigenvalue weighted by atomic mass is 10.3. The van der Waals surface area contributed by atoms with E-state index >= 15 is 0 Å². The van der Waals surface area contributed by atoms with Gasteiger partial charge in [0.05, 0.1) is 0 Å². The molecule has 0 heterocycles. The third-order valence-electron chi connectivity index (χ3n) is 1.87. The number of nitrogens with two attached hydrogens (primary N) is 3. The highest BCUT2D eigenvalue weighted by molar-refractivity contribution is 4.55. The van der Waals surface area contributed by atoms with Crippen molar-refractivity contribution in [3.8, 4) is 0 Å². The van der Waals surface area contributed by atoms with Crippen molar-refractivity contribution in [3.63, 3.8) is 0 Å². The zero-order valence-corrected chi connectivity index (χ0v) is 7.84. The average Bonchev–Trinajstić information content (AvgIpc) is 2.11. The van der Waals surface area contributed by atoms with Crippen molar-refractivity contribution in [1.29, 1.82) is 0 Å². The van der Waals surface area contributed by atoms with Crippen molar-refractivity contribution >= 4 is 0 Å². The summed E-state index contributed by atoms with van der Waals surface area (Å²) in [5.74, 6) is 0. The largest absolute Gasteiger partial charge is 0.330 e. The van der Waals surface area contributed by atoms with Crippen LogP contribution in [0.5, 0.6) is 0 Å². The maximum Gasteiger partial charge on any atom is 0.0455 e. The number of rotatable bonds is 8. The molecule has 0 unspecified atom stereocenters. The first-order valence-corrected chi connectivity index (χ1v) is 4.67. The van der Waals surface area contributed by atoms with Gasteiger partial charge in [0.1, 0.15) is 0 Å². The van der Waals surface area contributed by atoms with Crippen LogP contribution in [0, 0.1) is 0 Å². The van der Waals surface area contributed by atoms with Crippen LogP contribution in [0.4, 0.5) is 0 Å². The summed E-state index contributed by atoms with van der Waals surface area (Å²) >= 11 is 0. The molecule has 0 aromatic rings. The second kappa shape index (κ2) is 8.93. The fourth-order valence-corrected chi connectivity index (χ4v) is 1.09. The molecule has 0 fully saturated rings. The van der Waals surface area contributed by atoms with E-state index in [1.165, 1.54) is 0 Å². The van der Waals surface area contributed by atoms with Gasteiger partial charge in [-0.05, 0) is 38.9 Å². The first kappa shape index (κ1) is 11.8. The molecule has 0 spiro atoms. The van der Waals surface area contributed by atoms with E-state index in [4.69, 9.17) is 17.2 Å². The van der Waals surface area contributed by atoms with Gasteiger partial charge in [0.2, 0.25) is 0 Å². The smallest absolute Gasteiger partial charge is 0.0455 e. The lowest BCUT2D eigenvalue weighted by Crippen LogP contribution is -2.33. The van der Waals surface area contributed by atoms with E-state index in [-0.39, 0.29) is 0 Å². The van der Waals surface area contributed by atoms with Gasteiger partial charge in [-0.15, -0.1) is 0 Å². The Balaban J connectivity index is 3.26. The van der Waals surface area contributed by atoms with Crippen molar-refractivity contribution < 1.29 is 0 Å². The summed E-state index contributed by atoms with van der Waals surface area (Å²) < 4.78 is 0. The van der Waals surface area contributed by atoms with Crippen molar-refractivity contribution in [1.82, 2.24) is 4.90 Å². The van der Waals surface area contributed by atoms with Crippen molar-refractivity contribution in [2.75, 3.05) is 32.8 Å². The zero-order chi connectivity index (χ0) is 9.23. The molecule has 0 amide bonds. The van der Waals surface area contributed by atoms with Crippen LogP contribution in [0.25, 0.3) is 0 Å². The minimum absolute atomic E-state index is 0.630. The highest BCUT2D eigenvalue weighted by Gasteiger charge is 1.99. The Labute approximate surface area is 75.1 Å². The predicted octanol–water partition coefficient (Wildman–Crippen LogP) is -0.708.